The van der Waals surface area contributed by atoms with E-state index in [1.54, 1.807) is 0 Å². The summed E-state index contributed by atoms with van der Waals surface area (Å²) < 4.78 is 4.23. The Bertz CT molecular complexity index is 418. The number of aliphatic hydroxyl groups excluding tert-OH is 2. The molecule has 8 nitrogen and oxygen atoms in total. The standard InChI is InChI=1S/C9H10N2O6/c1-17-9(16)6(13)5(12)4-2-10-7(8(14)15)11-3-4/h2-3,5-6,12-13H,1H3,(H,14,15). The van der Waals surface area contributed by atoms with Crippen LogP contribution in [-0.4, -0.2) is 50.4 Å². The van der Waals surface area contributed by atoms with Crippen LogP contribution in [0.25, 0.3) is 0 Å². The van der Waals surface area contributed by atoms with Gasteiger partial charge >= 0.3 is 11.9 Å². The van der Waals surface area contributed by atoms with Crippen LogP contribution in [0.4, 0.5) is 0 Å². The first kappa shape index (κ1) is 13.0. The average Bonchev–Trinajstić information content (AvgIpc) is 2.36. The van der Waals surface area contributed by atoms with E-state index in [1.807, 2.05) is 0 Å². The van der Waals surface area contributed by atoms with Crippen molar-refractivity contribution in [3.05, 3.63) is 23.8 Å². The fourth-order valence-corrected chi connectivity index (χ4v) is 1.03. The minimum Gasteiger partial charge on any atom is -0.475 e. The number of carboxylic acids is 1. The first-order chi connectivity index (χ1) is 7.97. The van der Waals surface area contributed by atoms with Crippen molar-refractivity contribution in [1.82, 2.24) is 9.97 Å². The Morgan fingerprint density at radius 2 is 1.82 bits per heavy atom. The molecule has 2 atom stereocenters. The zero-order valence-electron chi connectivity index (χ0n) is 8.77. The fraction of sp³-hybridized carbons (Fsp3) is 0.333. The molecule has 0 saturated carbocycles. The van der Waals surface area contributed by atoms with Gasteiger partial charge in [-0.2, -0.15) is 0 Å². The third-order valence-electron chi connectivity index (χ3n) is 1.95. The monoisotopic (exact) mass is 242 g/mol. The fourth-order valence-electron chi connectivity index (χ4n) is 1.03. The quantitative estimate of drug-likeness (QED) is 0.558. The van der Waals surface area contributed by atoms with E-state index in [0.29, 0.717) is 0 Å². The van der Waals surface area contributed by atoms with Crippen LogP contribution >= 0.6 is 0 Å². The summed E-state index contributed by atoms with van der Waals surface area (Å²) in [4.78, 5) is 28.3. The molecule has 1 aromatic heterocycles. The Labute approximate surface area is 95.5 Å². The summed E-state index contributed by atoms with van der Waals surface area (Å²) >= 11 is 0. The van der Waals surface area contributed by atoms with E-state index in [1.165, 1.54) is 0 Å². The van der Waals surface area contributed by atoms with Gasteiger partial charge in [-0.3, -0.25) is 0 Å². The maximum atomic E-state index is 10.9. The van der Waals surface area contributed by atoms with Crippen LogP contribution in [0.3, 0.4) is 0 Å². The number of methoxy groups -OCH3 is 1. The van der Waals surface area contributed by atoms with Gasteiger partial charge in [0, 0.05) is 18.0 Å². The number of ether oxygens (including phenoxy) is 1. The number of carbonyl (C=O) groups excluding carboxylic acids is 1. The number of hydrogen-bond acceptors (Lipinski definition) is 7. The third-order valence-corrected chi connectivity index (χ3v) is 1.95. The maximum absolute atomic E-state index is 10.9. The first-order valence-electron chi connectivity index (χ1n) is 4.46. The van der Waals surface area contributed by atoms with E-state index in [2.05, 4.69) is 14.7 Å². The van der Waals surface area contributed by atoms with Gasteiger partial charge in [0.2, 0.25) is 5.82 Å². The minimum absolute atomic E-state index is 0.00731. The van der Waals surface area contributed by atoms with Crippen molar-refractivity contribution < 1.29 is 29.6 Å². The van der Waals surface area contributed by atoms with Crippen LogP contribution in [0.2, 0.25) is 0 Å². The van der Waals surface area contributed by atoms with Crippen LogP contribution < -0.4 is 0 Å². The van der Waals surface area contributed by atoms with Gasteiger partial charge in [-0.05, 0) is 0 Å². The molecule has 0 spiro atoms. The smallest absolute Gasteiger partial charge is 0.373 e. The number of aromatic carboxylic acids is 1. The van der Waals surface area contributed by atoms with Gasteiger partial charge in [0.15, 0.2) is 6.10 Å². The van der Waals surface area contributed by atoms with Gasteiger partial charge in [0.05, 0.1) is 7.11 Å². The Hall–Kier alpha value is -2.06. The number of esters is 1. The van der Waals surface area contributed by atoms with Crippen molar-refractivity contribution in [2.45, 2.75) is 12.2 Å². The summed E-state index contributed by atoms with van der Waals surface area (Å²) in [6.45, 7) is 0. The largest absolute Gasteiger partial charge is 0.475 e. The molecular weight excluding hydrogens is 232 g/mol. The normalized spacial score (nSPS) is 13.8. The van der Waals surface area contributed by atoms with Crippen molar-refractivity contribution in [3.63, 3.8) is 0 Å². The van der Waals surface area contributed by atoms with Crippen molar-refractivity contribution in [2.24, 2.45) is 0 Å². The van der Waals surface area contributed by atoms with E-state index in [4.69, 9.17) is 5.11 Å². The lowest BCUT2D eigenvalue weighted by Gasteiger charge is -2.15. The number of aromatic nitrogens is 2. The molecule has 0 aliphatic carbocycles. The molecular formula is C9H10N2O6. The first-order valence-corrected chi connectivity index (χ1v) is 4.46. The highest BCUT2D eigenvalue weighted by atomic mass is 16.5. The number of nitrogens with zero attached hydrogens (tertiary/aromatic N) is 2. The van der Waals surface area contributed by atoms with Gasteiger partial charge < -0.3 is 20.1 Å². The highest BCUT2D eigenvalue weighted by Gasteiger charge is 2.27. The molecule has 1 heterocycles. The predicted octanol–water partition coefficient (Wildman–Crippen LogP) is -1.26. The highest BCUT2D eigenvalue weighted by molar-refractivity contribution is 5.82. The van der Waals surface area contributed by atoms with Crippen molar-refractivity contribution in [1.29, 1.82) is 0 Å². The van der Waals surface area contributed by atoms with E-state index >= 15 is 0 Å². The Balaban J connectivity index is 2.86. The summed E-state index contributed by atoms with van der Waals surface area (Å²) in [6.07, 6.45) is -1.34. The molecule has 0 aliphatic heterocycles. The molecule has 0 aliphatic rings. The predicted molar refractivity (Wildman–Crippen MR) is 52.0 cm³/mol. The van der Waals surface area contributed by atoms with Gasteiger partial charge in [-0.15, -0.1) is 0 Å². The molecule has 17 heavy (non-hydrogen) atoms. The summed E-state index contributed by atoms with van der Waals surface area (Å²) in [5.74, 6) is -2.78. The van der Waals surface area contributed by atoms with Crippen LogP contribution in [0.5, 0.6) is 0 Å². The zero-order valence-corrected chi connectivity index (χ0v) is 8.77. The minimum atomic E-state index is -1.78. The van der Waals surface area contributed by atoms with Crippen LogP contribution in [0.15, 0.2) is 12.4 Å². The molecule has 2 unspecified atom stereocenters. The molecule has 0 amide bonds. The Morgan fingerprint density at radius 3 is 2.24 bits per heavy atom. The van der Waals surface area contributed by atoms with Crippen LogP contribution in [-0.2, 0) is 9.53 Å². The van der Waals surface area contributed by atoms with Crippen molar-refractivity contribution in [2.75, 3.05) is 7.11 Å². The molecule has 3 N–H and O–H groups in total. The second-order valence-electron chi connectivity index (χ2n) is 3.06. The van der Waals surface area contributed by atoms with Crippen molar-refractivity contribution in [3.8, 4) is 0 Å². The van der Waals surface area contributed by atoms with Gasteiger partial charge in [-0.1, -0.05) is 0 Å². The van der Waals surface area contributed by atoms with Gasteiger partial charge in [0.1, 0.15) is 6.10 Å². The molecule has 0 radical (unpaired) electrons. The second-order valence-corrected chi connectivity index (χ2v) is 3.06. The average molecular weight is 242 g/mol. The number of aliphatic hydroxyl groups is 2. The molecule has 8 heteroatoms. The third kappa shape index (κ3) is 2.95. The zero-order chi connectivity index (χ0) is 13.0. The second kappa shape index (κ2) is 5.32. The highest BCUT2D eigenvalue weighted by Crippen LogP contribution is 2.15. The van der Waals surface area contributed by atoms with E-state index < -0.39 is 30.0 Å². The molecule has 0 fully saturated rings. The number of carbonyl (C=O) groups is 2. The lowest BCUT2D eigenvalue weighted by Crippen LogP contribution is -2.29. The lowest BCUT2D eigenvalue weighted by molar-refractivity contribution is -0.156. The number of carboxylic acid groups (broad SMARTS) is 1. The topological polar surface area (TPSA) is 130 Å². The van der Waals surface area contributed by atoms with E-state index in [-0.39, 0.29) is 5.56 Å². The van der Waals surface area contributed by atoms with E-state index in [9.17, 15) is 19.8 Å². The van der Waals surface area contributed by atoms with Crippen LogP contribution in [0, 0.1) is 0 Å². The van der Waals surface area contributed by atoms with Gasteiger partial charge in [0.25, 0.3) is 0 Å². The molecule has 1 aromatic rings. The van der Waals surface area contributed by atoms with E-state index in [0.717, 1.165) is 19.5 Å². The maximum Gasteiger partial charge on any atom is 0.373 e. The Morgan fingerprint density at radius 1 is 1.29 bits per heavy atom. The molecule has 92 valence electrons. The molecule has 0 aromatic carbocycles. The summed E-state index contributed by atoms with van der Waals surface area (Å²) in [5, 5.41) is 27.4. The summed E-state index contributed by atoms with van der Waals surface area (Å²) in [6, 6.07) is 0. The molecule has 1 rings (SSSR count). The van der Waals surface area contributed by atoms with Crippen LogP contribution in [0.1, 0.15) is 22.3 Å². The SMILES string of the molecule is COC(=O)C(O)C(O)c1cnc(C(=O)O)nc1. The van der Waals surface area contributed by atoms with Crippen molar-refractivity contribution >= 4 is 11.9 Å². The molecule has 0 bridgehead atoms. The summed E-state index contributed by atoms with van der Waals surface area (Å²) in [5.41, 5.74) is 0.00731. The molecule has 0 saturated heterocycles. The number of hydrogen-bond donors (Lipinski definition) is 3. The lowest BCUT2D eigenvalue weighted by atomic mass is 10.1. The van der Waals surface area contributed by atoms with Gasteiger partial charge in [-0.25, -0.2) is 19.6 Å². The Kier molecular flexibility index (Phi) is 4.07. The summed E-state index contributed by atoms with van der Waals surface area (Å²) in [7, 11) is 1.06. The number of rotatable bonds is 4.